The van der Waals surface area contributed by atoms with Crippen molar-refractivity contribution in [1.82, 2.24) is 9.55 Å². The van der Waals surface area contributed by atoms with Crippen LogP contribution in [0.1, 0.15) is 15.2 Å². The van der Waals surface area contributed by atoms with Gasteiger partial charge in [-0.2, -0.15) is 13.2 Å². The van der Waals surface area contributed by atoms with Crippen molar-refractivity contribution in [3.63, 3.8) is 0 Å². The maximum absolute atomic E-state index is 12.8. The van der Waals surface area contributed by atoms with Crippen LogP contribution in [0.3, 0.4) is 0 Å². The van der Waals surface area contributed by atoms with Gasteiger partial charge in [0.15, 0.2) is 5.82 Å². The van der Waals surface area contributed by atoms with Crippen LogP contribution >= 0.6 is 11.3 Å². The fourth-order valence-corrected chi connectivity index (χ4v) is 3.84. The summed E-state index contributed by atoms with van der Waals surface area (Å²) in [5.41, 5.74) is 1.11. The number of aromatic nitrogens is 2. The lowest BCUT2D eigenvalue weighted by Crippen LogP contribution is -2.11. The number of rotatable bonds is 3. The molecule has 0 radical (unpaired) electrons. The number of nitrogens with one attached hydrogen (secondary N) is 1. The Balaban J connectivity index is 1.59. The second kappa shape index (κ2) is 6.79. The summed E-state index contributed by atoms with van der Waals surface area (Å²) in [4.78, 5) is 18.2. The lowest BCUT2D eigenvalue weighted by molar-refractivity contribution is -0.137. The topological polar surface area (TPSA) is 46.9 Å². The van der Waals surface area contributed by atoms with E-state index in [2.05, 4.69) is 10.3 Å². The fourth-order valence-electron chi connectivity index (χ4n) is 2.91. The van der Waals surface area contributed by atoms with Crippen molar-refractivity contribution in [2.24, 2.45) is 7.05 Å². The van der Waals surface area contributed by atoms with Gasteiger partial charge in [-0.1, -0.05) is 18.2 Å². The van der Waals surface area contributed by atoms with E-state index in [-0.39, 0.29) is 5.69 Å². The van der Waals surface area contributed by atoms with Crippen LogP contribution in [0.2, 0.25) is 0 Å². The predicted molar refractivity (Wildman–Crippen MR) is 103 cm³/mol. The molecule has 1 N–H and O–H groups in total. The van der Waals surface area contributed by atoms with Gasteiger partial charge < -0.3 is 9.88 Å². The average molecular weight is 401 g/mol. The zero-order chi connectivity index (χ0) is 19.9. The maximum atomic E-state index is 12.8. The molecule has 0 aliphatic heterocycles. The van der Waals surface area contributed by atoms with E-state index in [0.29, 0.717) is 4.88 Å². The minimum absolute atomic E-state index is 0.0949. The molecule has 0 atom stereocenters. The number of thiophene rings is 1. The Morgan fingerprint density at radius 3 is 2.61 bits per heavy atom. The Labute approximate surface area is 162 Å². The third-order valence-electron chi connectivity index (χ3n) is 4.29. The minimum atomic E-state index is -4.46. The molecule has 0 aliphatic rings. The van der Waals surface area contributed by atoms with E-state index in [4.69, 9.17) is 0 Å². The van der Waals surface area contributed by atoms with Crippen LogP contribution < -0.4 is 5.32 Å². The summed E-state index contributed by atoms with van der Waals surface area (Å²) in [7, 11) is 1.90. The van der Waals surface area contributed by atoms with Crippen LogP contribution in [0.5, 0.6) is 0 Å². The lowest BCUT2D eigenvalue weighted by atomic mass is 10.2. The van der Waals surface area contributed by atoms with Crippen molar-refractivity contribution in [3.8, 4) is 10.7 Å². The van der Waals surface area contributed by atoms with Crippen molar-refractivity contribution >= 4 is 34.0 Å². The first kappa shape index (κ1) is 18.2. The first-order chi connectivity index (χ1) is 13.3. The Bertz CT molecular complexity index is 1180. The highest BCUT2D eigenvalue weighted by Gasteiger charge is 2.30. The van der Waals surface area contributed by atoms with Gasteiger partial charge in [0.2, 0.25) is 0 Å². The van der Waals surface area contributed by atoms with Gasteiger partial charge in [0.25, 0.3) is 5.91 Å². The average Bonchev–Trinajstić information content (AvgIpc) is 3.27. The molecule has 28 heavy (non-hydrogen) atoms. The third kappa shape index (κ3) is 3.38. The van der Waals surface area contributed by atoms with Crippen LogP contribution in [0.15, 0.2) is 60.7 Å². The first-order valence-electron chi connectivity index (χ1n) is 8.33. The van der Waals surface area contributed by atoms with E-state index in [1.807, 2.05) is 35.9 Å². The molecule has 2 aromatic heterocycles. The molecule has 1 amide bonds. The quantitative estimate of drug-likeness (QED) is 0.488. The highest BCUT2D eigenvalue weighted by Crippen LogP contribution is 2.32. The van der Waals surface area contributed by atoms with Gasteiger partial charge in [-0.25, -0.2) is 4.98 Å². The molecule has 2 heterocycles. The van der Waals surface area contributed by atoms with Crippen LogP contribution in [0, 0.1) is 0 Å². The molecule has 0 saturated heterocycles. The third-order valence-corrected chi connectivity index (χ3v) is 5.37. The van der Waals surface area contributed by atoms with Crippen LogP contribution in [0.25, 0.3) is 21.7 Å². The summed E-state index contributed by atoms with van der Waals surface area (Å²) in [5.74, 6) is 0.263. The second-order valence-corrected chi connectivity index (χ2v) is 7.26. The molecule has 0 bridgehead atoms. The molecule has 4 rings (SSSR count). The van der Waals surface area contributed by atoms with E-state index in [0.717, 1.165) is 33.9 Å². The summed E-state index contributed by atoms with van der Waals surface area (Å²) >= 11 is 1.23. The number of carbonyl (C=O) groups excluding carboxylic acids is 1. The molecule has 0 aliphatic carbocycles. The molecule has 4 nitrogen and oxygen atoms in total. The monoisotopic (exact) mass is 401 g/mol. The van der Waals surface area contributed by atoms with Crippen molar-refractivity contribution in [2.45, 2.75) is 6.18 Å². The number of halogens is 3. The van der Waals surface area contributed by atoms with E-state index in [1.165, 1.54) is 23.5 Å². The van der Waals surface area contributed by atoms with Gasteiger partial charge in [-0.05, 0) is 42.5 Å². The number of aryl methyl sites for hydroxylation is 1. The number of carbonyl (C=O) groups is 1. The van der Waals surface area contributed by atoms with Gasteiger partial charge in [0, 0.05) is 12.7 Å². The maximum Gasteiger partial charge on any atom is 0.416 e. The Morgan fingerprint density at radius 2 is 1.86 bits per heavy atom. The molecule has 2 aromatic carbocycles. The van der Waals surface area contributed by atoms with Crippen molar-refractivity contribution < 1.29 is 18.0 Å². The highest BCUT2D eigenvalue weighted by atomic mass is 32.1. The molecule has 8 heteroatoms. The van der Waals surface area contributed by atoms with E-state index in [9.17, 15) is 18.0 Å². The number of nitrogens with zero attached hydrogens (tertiary/aromatic N) is 2. The largest absolute Gasteiger partial charge is 0.416 e. The number of anilines is 1. The van der Waals surface area contributed by atoms with Gasteiger partial charge in [0.1, 0.15) is 0 Å². The number of benzene rings is 2. The zero-order valence-electron chi connectivity index (χ0n) is 14.6. The number of para-hydroxylation sites is 2. The Kier molecular flexibility index (Phi) is 4.43. The predicted octanol–water partition coefficient (Wildman–Crippen LogP) is 5.57. The fraction of sp³-hybridized carbons (Fsp3) is 0.100. The van der Waals surface area contributed by atoms with Crippen LogP contribution in [0.4, 0.5) is 18.9 Å². The Morgan fingerprint density at radius 1 is 1.07 bits per heavy atom. The molecule has 0 saturated carbocycles. The summed E-state index contributed by atoms with van der Waals surface area (Å²) < 4.78 is 40.4. The smallest absolute Gasteiger partial charge is 0.326 e. The van der Waals surface area contributed by atoms with Crippen molar-refractivity contribution in [3.05, 3.63) is 71.1 Å². The molecule has 4 aromatic rings. The second-order valence-electron chi connectivity index (χ2n) is 6.18. The van der Waals surface area contributed by atoms with Gasteiger partial charge in [-0.15, -0.1) is 11.3 Å². The summed E-state index contributed by atoms with van der Waals surface area (Å²) in [5, 5.41) is 2.52. The van der Waals surface area contributed by atoms with E-state index < -0.39 is 17.6 Å². The van der Waals surface area contributed by atoms with Crippen LogP contribution in [-0.4, -0.2) is 15.5 Å². The van der Waals surface area contributed by atoms with Gasteiger partial charge in [-0.3, -0.25) is 4.79 Å². The van der Waals surface area contributed by atoms with E-state index >= 15 is 0 Å². The minimum Gasteiger partial charge on any atom is -0.326 e. The van der Waals surface area contributed by atoms with Crippen LogP contribution in [-0.2, 0) is 13.2 Å². The highest BCUT2D eigenvalue weighted by molar-refractivity contribution is 7.17. The molecule has 0 spiro atoms. The number of imidazole rings is 1. The number of hydrogen-bond acceptors (Lipinski definition) is 3. The van der Waals surface area contributed by atoms with Crippen molar-refractivity contribution in [1.29, 1.82) is 0 Å². The summed E-state index contributed by atoms with van der Waals surface area (Å²) in [6.45, 7) is 0. The summed E-state index contributed by atoms with van der Waals surface area (Å²) in [6, 6.07) is 15.7. The SMILES string of the molecule is Cn1c(-c2ccc(C(=O)Nc3cccc(C(F)(F)F)c3)s2)nc2ccccc21. The molecular weight excluding hydrogens is 387 g/mol. The molecule has 0 unspecified atom stereocenters. The van der Waals surface area contributed by atoms with Crippen molar-refractivity contribution in [2.75, 3.05) is 5.32 Å². The van der Waals surface area contributed by atoms with Gasteiger partial charge in [0.05, 0.1) is 26.4 Å². The molecule has 0 fully saturated rings. The van der Waals surface area contributed by atoms with Gasteiger partial charge >= 0.3 is 6.18 Å². The lowest BCUT2D eigenvalue weighted by Gasteiger charge is -2.09. The summed E-state index contributed by atoms with van der Waals surface area (Å²) in [6.07, 6.45) is -4.46. The Hall–Kier alpha value is -3.13. The molecule has 142 valence electrons. The zero-order valence-corrected chi connectivity index (χ0v) is 15.4. The number of alkyl halides is 3. The normalized spacial score (nSPS) is 11.7. The van der Waals surface area contributed by atoms with E-state index in [1.54, 1.807) is 12.1 Å². The number of fused-ring (bicyclic) bond motifs is 1. The number of hydrogen-bond donors (Lipinski definition) is 1. The first-order valence-corrected chi connectivity index (χ1v) is 9.15. The number of amides is 1. The standard InChI is InChI=1S/C20H14F3N3OS/c1-26-15-8-3-2-7-14(15)25-18(26)16-9-10-17(28-16)19(27)24-13-6-4-5-12(11-13)20(21,22)23/h2-11H,1H3,(H,24,27). The molecular formula is C20H14F3N3OS.